The van der Waals surface area contributed by atoms with Gasteiger partial charge in [-0.2, -0.15) is 0 Å². The molecule has 0 spiro atoms. The number of carbonyl (C=O) groups excluding carboxylic acids is 1. The van der Waals surface area contributed by atoms with E-state index in [-0.39, 0.29) is 5.91 Å². The number of rotatable bonds is 9. The molecule has 1 heterocycles. The second-order valence-corrected chi connectivity index (χ2v) is 6.11. The lowest BCUT2D eigenvalue weighted by atomic mass is 10.2. The van der Waals surface area contributed by atoms with Gasteiger partial charge in [0.25, 0.3) is 5.91 Å². The maximum absolute atomic E-state index is 12.6. The van der Waals surface area contributed by atoms with E-state index in [0.29, 0.717) is 33.6 Å². The van der Waals surface area contributed by atoms with E-state index in [9.17, 15) is 4.79 Å². The Morgan fingerprint density at radius 2 is 1.92 bits per heavy atom. The summed E-state index contributed by atoms with van der Waals surface area (Å²) in [4.78, 5) is 16.8. The van der Waals surface area contributed by atoms with Gasteiger partial charge in [0.1, 0.15) is 17.3 Å². The van der Waals surface area contributed by atoms with E-state index in [1.807, 2.05) is 0 Å². The minimum Gasteiger partial charge on any atom is -0.495 e. The Balaban J connectivity index is 2.12. The van der Waals surface area contributed by atoms with Gasteiger partial charge in [0.15, 0.2) is 0 Å². The second-order valence-electron chi connectivity index (χ2n) is 5.70. The van der Waals surface area contributed by atoms with Crippen molar-refractivity contribution >= 4 is 29.0 Å². The molecular weight excluding hydrogens is 354 g/mol. The van der Waals surface area contributed by atoms with Gasteiger partial charge >= 0.3 is 0 Å². The highest BCUT2D eigenvalue weighted by molar-refractivity contribution is 6.32. The van der Waals surface area contributed by atoms with Crippen LogP contribution in [0.5, 0.6) is 11.5 Å². The molecule has 2 rings (SSSR count). The summed E-state index contributed by atoms with van der Waals surface area (Å²) in [5.74, 6) is 1.31. The number of halogens is 1. The predicted molar refractivity (Wildman–Crippen MR) is 105 cm³/mol. The fourth-order valence-corrected chi connectivity index (χ4v) is 2.64. The van der Waals surface area contributed by atoms with Crippen LogP contribution in [0, 0.1) is 0 Å². The van der Waals surface area contributed by atoms with Crippen molar-refractivity contribution in [2.75, 3.05) is 31.4 Å². The molecule has 0 aliphatic rings. The van der Waals surface area contributed by atoms with Gasteiger partial charge in [0.05, 0.1) is 24.9 Å². The lowest BCUT2D eigenvalue weighted by molar-refractivity contribution is 0.102. The molecule has 2 aromatic rings. The Kier molecular flexibility index (Phi) is 7.53. The van der Waals surface area contributed by atoms with Gasteiger partial charge in [-0.3, -0.25) is 4.79 Å². The highest BCUT2D eigenvalue weighted by Crippen LogP contribution is 2.36. The first-order valence-corrected chi connectivity index (χ1v) is 8.89. The van der Waals surface area contributed by atoms with Crippen LogP contribution in [-0.2, 0) is 0 Å². The zero-order chi connectivity index (χ0) is 18.9. The number of ether oxygens (including phenoxy) is 2. The Labute approximate surface area is 158 Å². The molecule has 0 radical (unpaired) electrons. The third kappa shape index (κ3) is 5.26. The number of nitrogens with zero attached hydrogens (tertiary/aromatic N) is 1. The number of aromatic nitrogens is 1. The van der Waals surface area contributed by atoms with Crippen molar-refractivity contribution < 1.29 is 14.3 Å². The molecule has 1 aromatic carbocycles. The molecule has 0 atom stereocenters. The van der Waals surface area contributed by atoms with Gasteiger partial charge in [-0.15, -0.1) is 0 Å². The van der Waals surface area contributed by atoms with Gasteiger partial charge in [-0.25, -0.2) is 4.98 Å². The summed E-state index contributed by atoms with van der Waals surface area (Å²) in [6, 6.07) is 6.61. The zero-order valence-electron chi connectivity index (χ0n) is 15.3. The van der Waals surface area contributed by atoms with E-state index >= 15 is 0 Å². The first kappa shape index (κ1) is 19.8. The number of hydrogen-bond acceptors (Lipinski definition) is 5. The highest BCUT2D eigenvalue weighted by Gasteiger charge is 2.14. The predicted octanol–water partition coefficient (Wildman–Crippen LogP) is 4.61. The largest absolute Gasteiger partial charge is 0.495 e. The second kappa shape index (κ2) is 9.87. The molecule has 0 fully saturated rings. The Morgan fingerprint density at radius 1 is 1.15 bits per heavy atom. The van der Waals surface area contributed by atoms with Crippen molar-refractivity contribution in [3.8, 4) is 11.5 Å². The van der Waals surface area contributed by atoms with Gasteiger partial charge in [0, 0.05) is 30.4 Å². The van der Waals surface area contributed by atoms with Crippen LogP contribution in [0.2, 0.25) is 5.02 Å². The average molecular weight is 378 g/mol. The zero-order valence-corrected chi connectivity index (χ0v) is 16.0. The van der Waals surface area contributed by atoms with E-state index in [2.05, 4.69) is 22.5 Å². The van der Waals surface area contributed by atoms with Gasteiger partial charge in [-0.05, 0) is 18.6 Å². The molecule has 0 aliphatic heterocycles. The topological polar surface area (TPSA) is 72.5 Å². The summed E-state index contributed by atoms with van der Waals surface area (Å²) in [7, 11) is 3.03. The number of carbonyl (C=O) groups is 1. The van der Waals surface area contributed by atoms with Crippen LogP contribution in [0.25, 0.3) is 0 Å². The van der Waals surface area contributed by atoms with Crippen LogP contribution in [0.15, 0.2) is 30.5 Å². The number of hydrogen-bond donors (Lipinski definition) is 2. The van der Waals surface area contributed by atoms with E-state index in [0.717, 1.165) is 25.8 Å². The fourth-order valence-electron chi connectivity index (χ4n) is 2.41. The highest BCUT2D eigenvalue weighted by atomic mass is 35.5. The number of anilines is 2. The van der Waals surface area contributed by atoms with E-state index < -0.39 is 0 Å². The number of pyridine rings is 1. The molecule has 26 heavy (non-hydrogen) atoms. The molecule has 7 heteroatoms. The van der Waals surface area contributed by atoms with E-state index in [1.165, 1.54) is 14.2 Å². The Hall–Kier alpha value is -2.47. The molecule has 0 aliphatic carbocycles. The van der Waals surface area contributed by atoms with Crippen molar-refractivity contribution in [1.29, 1.82) is 0 Å². The van der Waals surface area contributed by atoms with Gasteiger partial charge < -0.3 is 20.1 Å². The molecule has 0 saturated carbocycles. The average Bonchev–Trinajstić information content (AvgIpc) is 2.66. The summed E-state index contributed by atoms with van der Waals surface area (Å²) in [5.41, 5.74) is 0.974. The minimum absolute atomic E-state index is 0.272. The lowest BCUT2D eigenvalue weighted by Gasteiger charge is -2.13. The first-order valence-electron chi connectivity index (χ1n) is 8.51. The van der Waals surface area contributed by atoms with Crippen LogP contribution in [-0.4, -0.2) is 31.7 Å². The number of benzene rings is 1. The van der Waals surface area contributed by atoms with Crippen LogP contribution in [0.4, 0.5) is 11.5 Å². The third-order valence-corrected chi connectivity index (χ3v) is 4.13. The molecule has 1 aromatic heterocycles. The van der Waals surface area contributed by atoms with Crippen molar-refractivity contribution in [2.24, 2.45) is 0 Å². The molecule has 0 bridgehead atoms. The van der Waals surface area contributed by atoms with E-state index in [1.54, 1.807) is 30.5 Å². The lowest BCUT2D eigenvalue weighted by Crippen LogP contribution is -2.14. The first-order chi connectivity index (χ1) is 12.6. The Morgan fingerprint density at radius 3 is 2.62 bits per heavy atom. The maximum atomic E-state index is 12.6. The van der Waals surface area contributed by atoms with Crippen molar-refractivity contribution in [3.63, 3.8) is 0 Å². The summed E-state index contributed by atoms with van der Waals surface area (Å²) in [5, 5.41) is 6.47. The smallest absolute Gasteiger partial charge is 0.255 e. The molecule has 6 nitrogen and oxygen atoms in total. The third-order valence-electron chi connectivity index (χ3n) is 3.83. The van der Waals surface area contributed by atoms with Crippen LogP contribution in [0.3, 0.4) is 0 Å². The quantitative estimate of drug-likeness (QED) is 0.624. The molecule has 0 unspecified atom stereocenters. The van der Waals surface area contributed by atoms with Crippen molar-refractivity contribution in [1.82, 2.24) is 4.98 Å². The van der Waals surface area contributed by atoms with E-state index in [4.69, 9.17) is 21.1 Å². The van der Waals surface area contributed by atoms with Crippen molar-refractivity contribution in [2.45, 2.75) is 26.2 Å². The molecule has 0 saturated heterocycles. The number of methoxy groups -OCH3 is 2. The molecule has 140 valence electrons. The monoisotopic (exact) mass is 377 g/mol. The number of amides is 1. The molecule has 1 amide bonds. The minimum atomic E-state index is -0.272. The summed E-state index contributed by atoms with van der Waals surface area (Å²) in [6.07, 6.45) is 4.99. The van der Waals surface area contributed by atoms with Crippen LogP contribution < -0.4 is 20.1 Å². The standard InChI is InChI=1S/C19H24ClN3O3/c1-4-5-6-8-21-18-10-13(7-9-22-18)19(24)23-15-12-16(25-2)14(20)11-17(15)26-3/h7,9-12H,4-6,8H2,1-3H3,(H,21,22)(H,23,24). The van der Waals surface area contributed by atoms with Crippen LogP contribution in [0.1, 0.15) is 36.5 Å². The molecule has 2 N–H and O–H groups in total. The van der Waals surface area contributed by atoms with Gasteiger partial charge in [-0.1, -0.05) is 31.4 Å². The molecular formula is C19H24ClN3O3. The summed E-state index contributed by atoms with van der Waals surface area (Å²) < 4.78 is 10.5. The fraction of sp³-hybridized carbons (Fsp3) is 0.368. The normalized spacial score (nSPS) is 10.3. The Bertz CT molecular complexity index is 753. The number of unbranched alkanes of at least 4 members (excludes halogenated alkanes) is 2. The SMILES string of the molecule is CCCCCNc1cc(C(=O)Nc2cc(OC)c(Cl)cc2OC)ccn1. The van der Waals surface area contributed by atoms with Crippen LogP contribution >= 0.6 is 11.6 Å². The summed E-state index contributed by atoms with van der Waals surface area (Å²) >= 11 is 6.09. The summed E-state index contributed by atoms with van der Waals surface area (Å²) in [6.45, 7) is 2.98. The van der Waals surface area contributed by atoms with Crippen molar-refractivity contribution in [3.05, 3.63) is 41.0 Å². The maximum Gasteiger partial charge on any atom is 0.255 e. The van der Waals surface area contributed by atoms with Gasteiger partial charge in [0.2, 0.25) is 0 Å². The number of nitrogens with one attached hydrogen (secondary N) is 2.